The molecule has 0 spiro atoms. The van der Waals surface area contributed by atoms with Gasteiger partial charge in [0.15, 0.2) is 11.7 Å². The predicted molar refractivity (Wildman–Crippen MR) is 113 cm³/mol. The van der Waals surface area contributed by atoms with E-state index in [1.807, 2.05) is 60.7 Å². The molecule has 146 valence electrons. The first-order chi connectivity index (χ1) is 13.7. The lowest BCUT2D eigenvalue weighted by molar-refractivity contribution is -0.110. The largest absolute Gasteiger partial charge is 0.357 e. The van der Waals surface area contributed by atoms with Gasteiger partial charge in [-0.3, -0.25) is 9.98 Å². The molecule has 0 fully saturated rings. The van der Waals surface area contributed by atoms with Gasteiger partial charge in [0, 0.05) is 14.1 Å². The van der Waals surface area contributed by atoms with Crippen LogP contribution < -0.4 is 10.6 Å². The van der Waals surface area contributed by atoms with Gasteiger partial charge in [0.2, 0.25) is 0 Å². The second-order valence-electron chi connectivity index (χ2n) is 6.30. The van der Waals surface area contributed by atoms with E-state index < -0.39 is 12.1 Å². The molecule has 0 heterocycles. The zero-order valence-electron chi connectivity index (χ0n) is 16.2. The highest BCUT2D eigenvalue weighted by Crippen LogP contribution is 2.04. The zero-order chi connectivity index (χ0) is 20.2. The topological polar surface area (TPSA) is 82.9 Å². The van der Waals surface area contributed by atoms with E-state index in [0.717, 1.165) is 23.7 Å². The van der Waals surface area contributed by atoms with Gasteiger partial charge < -0.3 is 20.2 Å². The number of amidine groups is 2. The fourth-order valence-electron chi connectivity index (χ4n) is 2.83. The molecule has 0 saturated heterocycles. The Kier molecular flexibility index (Phi) is 8.59. The zero-order valence-corrected chi connectivity index (χ0v) is 16.2. The lowest BCUT2D eigenvalue weighted by Gasteiger charge is -2.20. The van der Waals surface area contributed by atoms with Crippen molar-refractivity contribution in [1.82, 2.24) is 10.6 Å². The smallest absolute Gasteiger partial charge is 0.164 e. The van der Waals surface area contributed by atoms with Crippen molar-refractivity contribution in [1.29, 1.82) is 0 Å². The SMILES string of the molecule is CN=C(N[C@@H](C=O)Cc1ccccc1)C(=NC)N[C@@H](C=O)Cc1ccccc1. The third-order valence-corrected chi connectivity index (χ3v) is 4.24. The van der Waals surface area contributed by atoms with E-state index in [-0.39, 0.29) is 0 Å². The Morgan fingerprint density at radius 1 is 0.750 bits per heavy atom. The number of nitrogens with zero attached hydrogens (tertiary/aromatic N) is 2. The predicted octanol–water partition coefficient (Wildman–Crippen LogP) is 1.84. The second kappa shape index (κ2) is 11.4. The first-order valence-corrected chi connectivity index (χ1v) is 9.15. The lowest BCUT2D eigenvalue weighted by Crippen LogP contribution is -2.49. The molecule has 2 aromatic rings. The second-order valence-corrected chi connectivity index (χ2v) is 6.30. The van der Waals surface area contributed by atoms with Gasteiger partial charge in [-0.15, -0.1) is 0 Å². The van der Waals surface area contributed by atoms with Crippen LogP contribution in [-0.4, -0.2) is 50.4 Å². The number of benzene rings is 2. The maximum absolute atomic E-state index is 11.6. The minimum atomic E-state index is -0.455. The molecule has 6 nitrogen and oxygen atoms in total. The first-order valence-electron chi connectivity index (χ1n) is 9.15. The molecule has 0 aliphatic carbocycles. The number of carbonyl (C=O) groups excluding carboxylic acids is 2. The highest BCUT2D eigenvalue weighted by molar-refractivity contribution is 6.40. The molecule has 0 unspecified atom stereocenters. The molecule has 6 heteroatoms. The van der Waals surface area contributed by atoms with Gasteiger partial charge in [0.25, 0.3) is 0 Å². The van der Waals surface area contributed by atoms with Crippen molar-refractivity contribution in [3.63, 3.8) is 0 Å². The highest BCUT2D eigenvalue weighted by atomic mass is 16.1. The highest BCUT2D eigenvalue weighted by Gasteiger charge is 2.18. The fraction of sp³-hybridized carbons (Fsp3) is 0.273. The fourth-order valence-corrected chi connectivity index (χ4v) is 2.83. The Balaban J connectivity index is 2.04. The van der Waals surface area contributed by atoms with Crippen molar-refractivity contribution in [2.75, 3.05) is 14.1 Å². The summed E-state index contributed by atoms with van der Waals surface area (Å²) in [4.78, 5) is 31.6. The molecule has 0 saturated carbocycles. The van der Waals surface area contributed by atoms with Gasteiger partial charge in [-0.1, -0.05) is 60.7 Å². The Bertz CT molecular complexity index is 734. The molecule has 0 bridgehead atoms. The maximum atomic E-state index is 11.6. The number of carbonyl (C=O) groups is 2. The summed E-state index contributed by atoms with van der Waals surface area (Å²) in [7, 11) is 3.24. The molecule has 2 rings (SSSR count). The van der Waals surface area contributed by atoms with Gasteiger partial charge in [-0.25, -0.2) is 0 Å². The number of rotatable bonds is 8. The molecule has 28 heavy (non-hydrogen) atoms. The van der Waals surface area contributed by atoms with E-state index in [4.69, 9.17) is 0 Å². The molecule has 0 aromatic heterocycles. The molecule has 0 aliphatic rings. The van der Waals surface area contributed by atoms with Crippen molar-refractivity contribution < 1.29 is 9.59 Å². The molecular weight excluding hydrogens is 352 g/mol. The number of hydrogen-bond acceptors (Lipinski definition) is 4. The van der Waals surface area contributed by atoms with Crippen molar-refractivity contribution in [2.24, 2.45) is 9.98 Å². The third kappa shape index (κ3) is 6.46. The molecule has 2 aromatic carbocycles. The van der Waals surface area contributed by atoms with Crippen LogP contribution in [0.15, 0.2) is 70.6 Å². The van der Waals surface area contributed by atoms with E-state index in [9.17, 15) is 9.59 Å². The van der Waals surface area contributed by atoms with Crippen LogP contribution in [0, 0.1) is 0 Å². The summed E-state index contributed by atoms with van der Waals surface area (Å²) in [5, 5.41) is 6.24. The minimum absolute atomic E-state index is 0.440. The summed E-state index contributed by atoms with van der Waals surface area (Å²) in [5.41, 5.74) is 2.08. The number of hydrogen-bond donors (Lipinski definition) is 2. The summed E-state index contributed by atoms with van der Waals surface area (Å²) >= 11 is 0. The lowest BCUT2D eigenvalue weighted by atomic mass is 10.1. The number of aliphatic imine (C=N–C) groups is 2. The summed E-state index contributed by atoms with van der Waals surface area (Å²) in [5.74, 6) is 0.880. The summed E-state index contributed by atoms with van der Waals surface area (Å²) in [6, 6.07) is 18.6. The summed E-state index contributed by atoms with van der Waals surface area (Å²) in [6.07, 6.45) is 2.77. The van der Waals surface area contributed by atoms with Gasteiger partial charge in [-0.05, 0) is 24.0 Å². The quantitative estimate of drug-likeness (QED) is 0.417. The van der Waals surface area contributed by atoms with Crippen LogP contribution >= 0.6 is 0 Å². The third-order valence-electron chi connectivity index (χ3n) is 4.24. The average molecular weight is 378 g/mol. The van der Waals surface area contributed by atoms with Gasteiger partial charge >= 0.3 is 0 Å². The van der Waals surface area contributed by atoms with E-state index in [1.165, 1.54) is 0 Å². The number of nitrogens with one attached hydrogen (secondary N) is 2. The van der Waals surface area contributed by atoms with E-state index >= 15 is 0 Å². The van der Waals surface area contributed by atoms with Crippen molar-refractivity contribution >= 4 is 24.2 Å². The van der Waals surface area contributed by atoms with Gasteiger partial charge in [-0.2, -0.15) is 0 Å². The molecule has 0 aliphatic heterocycles. The van der Waals surface area contributed by atoms with Crippen LogP contribution in [0.4, 0.5) is 0 Å². The Hall–Kier alpha value is -3.28. The molecule has 2 atom stereocenters. The maximum Gasteiger partial charge on any atom is 0.164 e. The van der Waals surface area contributed by atoms with E-state index in [2.05, 4.69) is 20.6 Å². The Morgan fingerprint density at radius 2 is 1.11 bits per heavy atom. The monoisotopic (exact) mass is 378 g/mol. The standard InChI is InChI=1S/C22H26N4O2/c1-23-21(25-19(15-27)13-17-9-5-3-6-10-17)22(24-2)26-20(16-28)14-18-11-7-4-8-12-18/h3-12,15-16,19-20H,13-14H2,1-2H3,(H,23,25)(H,24,26)/t19-,20-/m1/s1. The van der Waals surface area contributed by atoms with Crippen LogP contribution in [0.1, 0.15) is 11.1 Å². The summed E-state index contributed by atoms with van der Waals surface area (Å²) in [6.45, 7) is 0. The Morgan fingerprint density at radius 3 is 1.39 bits per heavy atom. The molecular formula is C22H26N4O2. The van der Waals surface area contributed by atoms with Crippen LogP contribution in [0.25, 0.3) is 0 Å². The van der Waals surface area contributed by atoms with E-state index in [0.29, 0.717) is 24.5 Å². The summed E-state index contributed by atoms with van der Waals surface area (Å²) < 4.78 is 0. The van der Waals surface area contributed by atoms with Crippen molar-refractivity contribution in [3.05, 3.63) is 71.8 Å². The number of aldehydes is 2. The molecule has 0 radical (unpaired) electrons. The molecule has 0 amide bonds. The minimum Gasteiger partial charge on any atom is -0.357 e. The van der Waals surface area contributed by atoms with Crippen LogP contribution in [0.5, 0.6) is 0 Å². The van der Waals surface area contributed by atoms with Gasteiger partial charge in [0.05, 0.1) is 12.1 Å². The van der Waals surface area contributed by atoms with Crippen molar-refractivity contribution in [3.8, 4) is 0 Å². The van der Waals surface area contributed by atoms with Crippen molar-refractivity contribution in [2.45, 2.75) is 24.9 Å². The molecule has 2 N–H and O–H groups in total. The van der Waals surface area contributed by atoms with Crippen LogP contribution in [0.2, 0.25) is 0 Å². The van der Waals surface area contributed by atoms with Gasteiger partial charge in [0.1, 0.15) is 12.6 Å². The normalized spacial score (nSPS) is 14.1. The average Bonchev–Trinajstić information content (AvgIpc) is 2.75. The first kappa shape index (κ1) is 21.0. The Labute approximate surface area is 165 Å². The van der Waals surface area contributed by atoms with Crippen LogP contribution in [0.3, 0.4) is 0 Å². The van der Waals surface area contributed by atoms with Crippen LogP contribution in [-0.2, 0) is 22.4 Å². The van der Waals surface area contributed by atoms with E-state index in [1.54, 1.807) is 14.1 Å².